The number of hydrogen-bond acceptors (Lipinski definition) is 4. The molecule has 3 saturated heterocycles. The summed E-state index contributed by atoms with van der Waals surface area (Å²) in [4.78, 5) is 13.9. The summed E-state index contributed by atoms with van der Waals surface area (Å²) in [5.74, 6) is 0.535. The summed E-state index contributed by atoms with van der Waals surface area (Å²) in [6, 6.07) is 1.40. The highest BCUT2D eigenvalue weighted by atomic mass is 35.5. The third-order valence-corrected chi connectivity index (χ3v) is 5.77. The van der Waals surface area contributed by atoms with E-state index in [0.29, 0.717) is 34.7 Å². The van der Waals surface area contributed by atoms with E-state index in [4.69, 9.17) is 22.1 Å². The monoisotopic (exact) mass is 322 g/mol. The molecule has 2 atom stereocenters. The Morgan fingerprint density at radius 2 is 2.14 bits per heavy atom. The number of hydrogen-bond donors (Lipinski definition) is 2. The van der Waals surface area contributed by atoms with Crippen LogP contribution in [0.2, 0.25) is 5.02 Å². The highest BCUT2D eigenvalue weighted by Crippen LogP contribution is 2.45. The summed E-state index contributed by atoms with van der Waals surface area (Å²) in [6.07, 6.45) is 3.10. The predicted molar refractivity (Wildman–Crippen MR) is 83.6 cm³/mol. The minimum Gasteiger partial charge on any atom is -0.488 e. The standard InChI is InChI=1S/C16H19ClN2O3/c17-12-5-10(16(20)21)15-9(14(12)18)6-13(22-15)11-7-19-3-1-8(11)2-4-19/h5,8,11,13H,1-4,6-7,18H2,(H,20,21). The van der Waals surface area contributed by atoms with Crippen molar-refractivity contribution in [3.63, 3.8) is 0 Å². The highest BCUT2D eigenvalue weighted by Gasteiger charge is 2.43. The minimum atomic E-state index is -1.02. The fourth-order valence-electron chi connectivity index (χ4n) is 4.26. The summed E-state index contributed by atoms with van der Waals surface area (Å²) in [6.45, 7) is 3.39. The van der Waals surface area contributed by atoms with Crippen molar-refractivity contribution in [2.24, 2.45) is 11.8 Å². The van der Waals surface area contributed by atoms with E-state index in [1.165, 1.54) is 32.0 Å². The van der Waals surface area contributed by atoms with Crippen molar-refractivity contribution in [2.75, 3.05) is 25.4 Å². The van der Waals surface area contributed by atoms with Gasteiger partial charge in [0.25, 0.3) is 0 Å². The Kier molecular flexibility index (Phi) is 3.24. The van der Waals surface area contributed by atoms with Gasteiger partial charge in [-0.2, -0.15) is 0 Å². The van der Waals surface area contributed by atoms with Crippen LogP contribution in [0.15, 0.2) is 6.07 Å². The van der Waals surface area contributed by atoms with Gasteiger partial charge in [-0.15, -0.1) is 0 Å². The van der Waals surface area contributed by atoms with Gasteiger partial charge in [-0.3, -0.25) is 0 Å². The predicted octanol–water partition coefficient (Wildman–Crippen LogP) is 2.27. The second kappa shape index (κ2) is 5.03. The second-order valence-corrected chi connectivity index (χ2v) is 7.00. The van der Waals surface area contributed by atoms with E-state index in [9.17, 15) is 9.90 Å². The average Bonchev–Trinajstić information content (AvgIpc) is 2.97. The van der Waals surface area contributed by atoms with Gasteiger partial charge in [0.1, 0.15) is 17.4 Å². The van der Waals surface area contributed by atoms with Crippen molar-refractivity contribution in [1.82, 2.24) is 4.90 Å². The van der Waals surface area contributed by atoms with Gasteiger partial charge in [0.15, 0.2) is 0 Å². The summed E-state index contributed by atoms with van der Waals surface area (Å²) < 4.78 is 6.08. The molecular weight excluding hydrogens is 304 g/mol. The molecule has 4 aliphatic heterocycles. The maximum absolute atomic E-state index is 11.4. The Hall–Kier alpha value is -1.46. The van der Waals surface area contributed by atoms with E-state index < -0.39 is 5.97 Å². The van der Waals surface area contributed by atoms with Crippen molar-refractivity contribution < 1.29 is 14.6 Å². The van der Waals surface area contributed by atoms with Gasteiger partial charge in [-0.05, 0) is 37.9 Å². The van der Waals surface area contributed by atoms with E-state index in [-0.39, 0.29) is 11.7 Å². The SMILES string of the molecule is Nc1c(Cl)cc(C(=O)O)c2c1CC(C1CN3CCC1CC3)O2. The Bertz CT molecular complexity index is 641. The van der Waals surface area contributed by atoms with Crippen molar-refractivity contribution in [1.29, 1.82) is 0 Å². The normalized spacial score (nSPS) is 32.6. The highest BCUT2D eigenvalue weighted by molar-refractivity contribution is 6.33. The molecule has 0 spiro atoms. The molecule has 22 heavy (non-hydrogen) atoms. The average molecular weight is 323 g/mol. The van der Waals surface area contributed by atoms with Crippen molar-refractivity contribution in [2.45, 2.75) is 25.4 Å². The first kappa shape index (κ1) is 14.2. The molecule has 0 saturated carbocycles. The van der Waals surface area contributed by atoms with Gasteiger partial charge in [0.05, 0.1) is 10.7 Å². The quantitative estimate of drug-likeness (QED) is 0.817. The Balaban J connectivity index is 1.67. The topological polar surface area (TPSA) is 75.8 Å². The first-order valence-electron chi connectivity index (χ1n) is 7.77. The first-order valence-corrected chi connectivity index (χ1v) is 8.15. The van der Waals surface area contributed by atoms with Crippen LogP contribution in [0.1, 0.15) is 28.8 Å². The molecule has 1 aromatic carbocycles. The Morgan fingerprint density at radius 1 is 1.41 bits per heavy atom. The van der Waals surface area contributed by atoms with Gasteiger partial charge < -0.3 is 20.5 Å². The molecule has 2 unspecified atom stereocenters. The lowest BCUT2D eigenvalue weighted by atomic mass is 9.75. The summed E-state index contributed by atoms with van der Waals surface area (Å²) in [5.41, 5.74) is 7.41. The zero-order valence-electron chi connectivity index (χ0n) is 12.2. The molecule has 118 valence electrons. The number of fused-ring (bicyclic) bond motifs is 4. The molecule has 5 nitrogen and oxygen atoms in total. The summed E-state index contributed by atoms with van der Waals surface area (Å²) in [5, 5.41) is 9.68. The second-order valence-electron chi connectivity index (χ2n) is 6.59. The molecule has 1 aromatic rings. The third-order valence-electron chi connectivity index (χ3n) is 5.46. The smallest absolute Gasteiger partial charge is 0.339 e. The van der Waals surface area contributed by atoms with Crippen molar-refractivity contribution in [3.05, 3.63) is 22.2 Å². The van der Waals surface area contributed by atoms with Crippen molar-refractivity contribution >= 4 is 23.3 Å². The lowest BCUT2D eigenvalue weighted by Gasteiger charge is -2.46. The van der Waals surface area contributed by atoms with Crippen LogP contribution in [0.3, 0.4) is 0 Å². The first-order chi connectivity index (χ1) is 10.5. The molecule has 5 rings (SSSR count). The van der Waals surface area contributed by atoms with E-state index in [1.807, 2.05) is 0 Å². The number of benzene rings is 1. The maximum Gasteiger partial charge on any atom is 0.339 e. The number of aromatic carboxylic acids is 1. The number of nitrogens with zero attached hydrogens (tertiary/aromatic N) is 1. The largest absolute Gasteiger partial charge is 0.488 e. The van der Waals surface area contributed by atoms with E-state index in [1.54, 1.807) is 0 Å². The van der Waals surface area contributed by atoms with Crippen LogP contribution in [0.4, 0.5) is 5.69 Å². The van der Waals surface area contributed by atoms with Crippen LogP contribution >= 0.6 is 11.6 Å². The minimum absolute atomic E-state index is 0.0157. The van der Waals surface area contributed by atoms with Crippen LogP contribution in [0.5, 0.6) is 5.75 Å². The molecule has 6 heteroatoms. The molecule has 0 aromatic heterocycles. The van der Waals surface area contributed by atoms with E-state index in [0.717, 1.165) is 12.1 Å². The Labute approximate surface area is 134 Å². The number of rotatable bonds is 2. The van der Waals surface area contributed by atoms with Crippen LogP contribution in [0, 0.1) is 11.8 Å². The number of carboxylic acid groups (broad SMARTS) is 1. The lowest BCUT2D eigenvalue weighted by Crippen LogP contribution is -2.52. The van der Waals surface area contributed by atoms with E-state index >= 15 is 0 Å². The number of carboxylic acids is 1. The number of halogens is 1. The molecule has 0 amide bonds. The van der Waals surface area contributed by atoms with Gasteiger partial charge in [-0.1, -0.05) is 11.6 Å². The molecule has 4 aliphatic rings. The number of piperidine rings is 3. The molecule has 4 heterocycles. The van der Waals surface area contributed by atoms with Gasteiger partial charge >= 0.3 is 5.97 Å². The lowest BCUT2D eigenvalue weighted by molar-refractivity contribution is -0.00689. The maximum atomic E-state index is 11.4. The number of ether oxygens (including phenoxy) is 1. The third kappa shape index (κ3) is 2.07. The molecule has 3 fully saturated rings. The molecular formula is C16H19ClN2O3. The summed E-state index contributed by atoms with van der Waals surface area (Å²) in [7, 11) is 0. The van der Waals surface area contributed by atoms with Crippen LogP contribution < -0.4 is 10.5 Å². The number of nitrogen functional groups attached to an aromatic ring is 1. The van der Waals surface area contributed by atoms with Gasteiger partial charge in [-0.25, -0.2) is 4.79 Å². The van der Waals surface area contributed by atoms with Crippen molar-refractivity contribution in [3.8, 4) is 5.75 Å². The van der Waals surface area contributed by atoms with Gasteiger partial charge in [0, 0.05) is 24.4 Å². The number of anilines is 1. The zero-order valence-corrected chi connectivity index (χ0v) is 13.0. The molecule has 3 N–H and O–H groups in total. The Morgan fingerprint density at radius 3 is 2.73 bits per heavy atom. The fourth-order valence-corrected chi connectivity index (χ4v) is 4.48. The molecule has 2 bridgehead atoms. The van der Waals surface area contributed by atoms with Crippen LogP contribution in [-0.2, 0) is 6.42 Å². The van der Waals surface area contributed by atoms with Crippen LogP contribution in [-0.4, -0.2) is 41.7 Å². The summed E-state index contributed by atoms with van der Waals surface area (Å²) >= 11 is 6.09. The van der Waals surface area contributed by atoms with Crippen LogP contribution in [0.25, 0.3) is 0 Å². The number of nitrogens with two attached hydrogens (primary N) is 1. The number of carbonyl (C=O) groups is 1. The zero-order chi connectivity index (χ0) is 15.4. The fraction of sp³-hybridized carbons (Fsp3) is 0.562. The van der Waals surface area contributed by atoms with E-state index in [2.05, 4.69) is 4.90 Å². The van der Waals surface area contributed by atoms with Gasteiger partial charge in [0.2, 0.25) is 0 Å². The molecule has 0 radical (unpaired) electrons. The molecule has 0 aliphatic carbocycles.